The Morgan fingerprint density at radius 1 is 1.14 bits per heavy atom. The van der Waals surface area contributed by atoms with Crippen LogP contribution >= 0.6 is 0 Å². The van der Waals surface area contributed by atoms with Crippen LogP contribution in [0.1, 0.15) is 0 Å². The van der Waals surface area contributed by atoms with E-state index < -0.39 is 21.2 Å². The number of rotatable bonds is 3. The number of nitro benzene ring substituents is 2. The molecule has 3 aromatic rings. The zero-order valence-corrected chi connectivity index (χ0v) is 10.8. The first-order chi connectivity index (χ1) is 10.5. The minimum atomic E-state index is -0.739. The SMILES string of the molecule is Nc1nc(-c2ccc([N+](=O)[O-])cc2[N+](=O)[O-])nc2nc[nH]c12. The molecule has 0 saturated heterocycles. The lowest BCUT2D eigenvalue weighted by Crippen LogP contribution is -2.01. The van der Waals surface area contributed by atoms with E-state index in [-0.39, 0.29) is 22.9 Å². The van der Waals surface area contributed by atoms with Gasteiger partial charge in [-0.25, -0.2) is 15.0 Å². The van der Waals surface area contributed by atoms with Gasteiger partial charge in [0.2, 0.25) is 0 Å². The number of nitrogens with two attached hydrogens (primary N) is 1. The molecule has 3 N–H and O–H groups in total. The lowest BCUT2D eigenvalue weighted by atomic mass is 10.1. The number of aromatic amines is 1. The van der Waals surface area contributed by atoms with E-state index >= 15 is 0 Å². The van der Waals surface area contributed by atoms with Crippen LogP contribution < -0.4 is 5.73 Å². The van der Waals surface area contributed by atoms with Crippen molar-refractivity contribution in [3.8, 4) is 11.4 Å². The molecule has 0 saturated carbocycles. The molecule has 0 unspecified atom stereocenters. The van der Waals surface area contributed by atoms with Crippen molar-refractivity contribution in [1.29, 1.82) is 0 Å². The Morgan fingerprint density at radius 2 is 1.91 bits per heavy atom. The summed E-state index contributed by atoms with van der Waals surface area (Å²) in [4.78, 5) is 35.1. The van der Waals surface area contributed by atoms with E-state index in [1.807, 2.05) is 0 Å². The minimum Gasteiger partial charge on any atom is -0.382 e. The van der Waals surface area contributed by atoms with Crippen LogP contribution in [0.15, 0.2) is 24.5 Å². The topological polar surface area (TPSA) is 167 Å². The van der Waals surface area contributed by atoms with Gasteiger partial charge in [0.05, 0.1) is 27.8 Å². The van der Waals surface area contributed by atoms with Crippen LogP contribution in [-0.2, 0) is 0 Å². The molecule has 0 fully saturated rings. The Morgan fingerprint density at radius 3 is 2.59 bits per heavy atom. The van der Waals surface area contributed by atoms with E-state index in [0.29, 0.717) is 5.52 Å². The first-order valence-electron chi connectivity index (χ1n) is 5.87. The second-order valence-corrected chi connectivity index (χ2v) is 4.25. The van der Waals surface area contributed by atoms with E-state index in [9.17, 15) is 20.2 Å². The first kappa shape index (κ1) is 13.4. The van der Waals surface area contributed by atoms with Crippen molar-refractivity contribution in [2.24, 2.45) is 0 Å². The van der Waals surface area contributed by atoms with E-state index in [0.717, 1.165) is 12.1 Å². The maximum absolute atomic E-state index is 11.1. The van der Waals surface area contributed by atoms with Gasteiger partial charge >= 0.3 is 0 Å². The summed E-state index contributed by atoms with van der Waals surface area (Å²) < 4.78 is 0. The summed E-state index contributed by atoms with van der Waals surface area (Å²) in [6.07, 6.45) is 1.36. The summed E-state index contributed by atoms with van der Waals surface area (Å²) in [5.41, 5.74) is 5.54. The van der Waals surface area contributed by atoms with Crippen LogP contribution in [0.4, 0.5) is 17.2 Å². The molecule has 22 heavy (non-hydrogen) atoms. The lowest BCUT2D eigenvalue weighted by molar-refractivity contribution is -0.393. The summed E-state index contributed by atoms with van der Waals surface area (Å²) in [7, 11) is 0. The monoisotopic (exact) mass is 301 g/mol. The maximum atomic E-state index is 11.1. The van der Waals surface area contributed by atoms with Crippen LogP contribution in [0.2, 0.25) is 0 Å². The van der Waals surface area contributed by atoms with Gasteiger partial charge in [0.25, 0.3) is 11.4 Å². The van der Waals surface area contributed by atoms with Gasteiger partial charge < -0.3 is 10.7 Å². The number of non-ortho nitro benzene ring substituents is 1. The third kappa shape index (κ3) is 2.06. The third-order valence-electron chi connectivity index (χ3n) is 2.94. The van der Waals surface area contributed by atoms with Crippen LogP contribution in [0.25, 0.3) is 22.6 Å². The molecular formula is C11H7N7O4. The summed E-state index contributed by atoms with van der Waals surface area (Å²) in [5.74, 6) is 0.0452. The number of nitrogen functional groups attached to an aromatic ring is 1. The van der Waals surface area contributed by atoms with Crippen LogP contribution in [-0.4, -0.2) is 29.8 Å². The van der Waals surface area contributed by atoms with Crippen molar-refractivity contribution in [3.63, 3.8) is 0 Å². The standard InChI is InChI=1S/C11H7N7O4/c12-9-8-11(14-4-13-8)16-10(15-9)6-2-1-5(17(19)20)3-7(6)18(21)22/h1-4H,(H3,12,13,14,15,16). The molecule has 0 aliphatic carbocycles. The fourth-order valence-corrected chi connectivity index (χ4v) is 1.95. The number of benzene rings is 1. The second kappa shape index (κ2) is 4.73. The Hall–Kier alpha value is -3.63. The molecule has 11 nitrogen and oxygen atoms in total. The molecule has 3 rings (SSSR count). The Kier molecular flexibility index (Phi) is 2.87. The smallest absolute Gasteiger partial charge is 0.287 e. The zero-order chi connectivity index (χ0) is 15.9. The maximum Gasteiger partial charge on any atom is 0.287 e. The first-order valence-corrected chi connectivity index (χ1v) is 5.87. The Bertz CT molecular complexity index is 920. The Balaban J connectivity index is 2.25. The molecule has 0 bridgehead atoms. The van der Waals surface area contributed by atoms with Gasteiger partial charge in [-0.1, -0.05) is 0 Å². The fourth-order valence-electron chi connectivity index (χ4n) is 1.95. The number of imidazole rings is 1. The summed E-state index contributed by atoms with van der Waals surface area (Å²) in [5, 5.41) is 21.9. The number of aromatic nitrogens is 4. The van der Waals surface area contributed by atoms with Gasteiger partial charge in [-0.2, -0.15) is 0 Å². The minimum absolute atomic E-state index is 0.0206. The number of nitro groups is 2. The normalized spacial score (nSPS) is 10.7. The largest absolute Gasteiger partial charge is 0.382 e. The highest BCUT2D eigenvalue weighted by Crippen LogP contribution is 2.32. The van der Waals surface area contributed by atoms with Gasteiger partial charge in [0.15, 0.2) is 17.3 Å². The van der Waals surface area contributed by atoms with Crippen LogP contribution in [0, 0.1) is 20.2 Å². The number of H-pyrrole nitrogens is 1. The van der Waals surface area contributed by atoms with E-state index in [2.05, 4.69) is 19.9 Å². The number of anilines is 1. The molecule has 2 aromatic heterocycles. The third-order valence-corrected chi connectivity index (χ3v) is 2.94. The van der Waals surface area contributed by atoms with Gasteiger partial charge in [-0.3, -0.25) is 20.2 Å². The van der Waals surface area contributed by atoms with Gasteiger partial charge in [-0.15, -0.1) is 0 Å². The highest BCUT2D eigenvalue weighted by Gasteiger charge is 2.23. The summed E-state index contributed by atoms with van der Waals surface area (Å²) >= 11 is 0. The van der Waals surface area contributed by atoms with Gasteiger partial charge in [-0.05, 0) is 6.07 Å². The Labute approximate surface area is 121 Å². The zero-order valence-electron chi connectivity index (χ0n) is 10.8. The van der Waals surface area contributed by atoms with Gasteiger partial charge in [0.1, 0.15) is 5.52 Å². The molecule has 0 spiro atoms. The molecule has 11 heteroatoms. The average molecular weight is 301 g/mol. The van der Waals surface area contributed by atoms with Crippen molar-refractivity contribution >= 4 is 28.4 Å². The van der Waals surface area contributed by atoms with Gasteiger partial charge in [0, 0.05) is 6.07 Å². The number of hydrogen-bond donors (Lipinski definition) is 2. The molecular weight excluding hydrogens is 294 g/mol. The molecule has 0 atom stereocenters. The molecule has 0 radical (unpaired) electrons. The highest BCUT2D eigenvalue weighted by atomic mass is 16.6. The predicted molar refractivity (Wildman–Crippen MR) is 74.8 cm³/mol. The second-order valence-electron chi connectivity index (χ2n) is 4.25. The highest BCUT2D eigenvalue weighted by molar-refractivity contribution is 5.84. The number of nitrogens with one attached hydrogen (secondary N) is 1. The van der Waals surface area contributed by atoms with E-state index in [4.69, 9.17) is 5.73 Å². The van der Waals surface area contributed by atoms with Crippen molar-refractivity contribution in [3.05, 3.63) is 44.8 Å². The number of nitrogens with zero attached hydrogens (tertiary/aromatic N) is 5. The number of fused-ring (bicyclic) bond motifs is 1. The number of hydrogen-bond acceptors (Lipinski definition) is 8. The molecule has 0 aliphatic heterocycles. The van der Waals surface area contributed by atoms with Crippen molar-refractivity contribution in [1.82, 2.24) is 19.9 Å². The van der Waals surface area contributed by atoms with E-state index in [1.165, 1.54) is 12.4 Å². The van der Waals surface area contributed by atoms with Crippen LogP contribution in [0.3, 0.4) is 0 Å². The molecule has 110 valence electrons. The molecule has 2 heterocycles. The van der Waals surface area contributed by atoms with Crippen molar-refractivity contribution in [2.75, 3.05) is 5.73 Å². The molecule has 1 aromatic carbocycles. The van der Waals surface area contributed by atoms with E-state index in [1.54, 1.807) is 0 Å². The van der Waals surface area contributed by atoms with Crippen LogP contribution in [0.5, 0.6) is 0 Å². The van der Waals surface area contributed by atoms with Crippen molar-refractivity contribution in [2.45, 2.75) is 0 Å². The average Bonchev–Trinajstić information content (AvgIpc) is 2.95. The predicted octanol–water partition coefficient (Wildman–Crippen LogP) is 1.42. The molecule has 0 amide bonds. The summed E-state index contributed by atoms with van der Waals surface area (Å²) in [6, 6.07) is 3.20. The molecule has 0 aliphatic rings. The van der Waals surface area contributed by atoms with Crippen molar-refractivity contribution < 1.29 is 9.85 Å². The quantitative estimate of drug-likeness (QED) is 0.540. The lowest BCUT2D eigenvalue weighted by Gasteiger charge is -2.03. The summed E-state index contributed by atoms with van der Waals surface area (Å²) in [6.45, 7) is 0. The fraction of sp³-hybridized carbons (Fsp3) is 0.